The molecule has 1 saturated heterocycles. The lowest BCUT2D eigenvalue weighted by molar-refractivity contribution is 0.178. The summed E-state index contributed by atoms with van der Waals surface area (Å²) in [6.07, 6.45) is 6.51. The molecule has 7 heteroatoms. The Kier molecular flexibility index (Phi) is 6.57. The highest BCUT2D eigenvalue weighted by Gasteiger charge is 2.26. The predicted molar refractivity (Wildman–Crippen MR) is 103 cm³/mol. The number of benzene rings is 1. The van der Waals surface area contributed by atoms with Crippen molar-refractivity contribution in [1.29, 1.82) is 0 Å². The number of rotatable bonds is 7. The first kappa shape index (κ1) is 19.1. The maximum atomic E-state index is 12.7. The Bertz CT molecular complexity index is 733. The van der Waals surface area contributed by atoms with Gasteiger partial charge in [-0.2, -0.15) is 0 Å². The second kappa shape index (κ2) is 9.30. The van der Waals surface area contributed by atoms with Crippen molar-refractivity contribution < 1.29 is 14.3 Å². The minimum Gasteiger partial charge on any atom is -0.493 e. The van der Waals surface area contributed by atoms with Crippen LogP contribution in [-0.2, 0) is 6.54 Å². The van der Waals surface area contributed by atoms with Crippen LogP contribution < -0.4 is 14.8 Å². The third kappa shape index (κ3) is 4.72. The summed E-state index contributed by atoms with van der Waals surface area (Å²) in [7, 11) is 1.62. The molecule has 0 radical (unpaired) electrons. The molecule has 1 aromatic carbocycles. The van der Waals surface area contributed by atoms with Crippen LogP contribution in [0.1, 0.15) is 43.5 Å². The number of nitrogens with one attached hydrogen (secondary N) is 2. The molecule has 2 amide bonds. The second-order valence-corrected chi connectivity index (χ2v) is 6.72. The Morgan fingerprint density at radius 2 is 2.33 bits per heavy atom. The van der Waals surface area contributed by atoms with Crippen LogP contribution in [0.3, 0.4) is 0 Å². The number of hydrogen-bond donors (Lipinski definition) is 2. The lowest BCUT2D eigenvalue weighted by atomic mass is 9.98. The molecule has 1 aromatic heterocycles. The van der Waals surface area contributed by atoms with Crippen molar-refractivity contribution >= 4 is 6.03 Å². The van der Waals surface area contributed by atoms with Gasteiger partial charge < -0.3 is 24.7 Å². The number of hydrogen-bond acceptors (Lipinski definition) is 4. The number of nitrogens with zero attached hydrogens (tertiary/aromatic N) is 2. The summed E-state index contributed by atoms with van der Waals surface area (Å²) < 4.78 is 11.3. The summed E-state index contributed by atoms with van der Waals surface area (Å²) in [5, 5.41) is 3.02. The number of aromatic amines is 1. The van der Waals surface area contributed by atoms with Crippen LogP contribution in [0.4, 0.5) is 4.79 Å². The molecule has 0 aliphatic carbocycles. The number of piperidine rings is 1. The summed E-state index contributed by atoms with van der Waals surface area (Å²) in [4.78, 5) is 22.0. The van der Waals surface area contributed by atoms with E-state index in [1.54, 1.807) is 13.3 Å². The number of amides is 2. The van der Waals surface area contributed by atoms with Crippen molar-refractivity contribution in [3.05, 3.63) is 42.0 Å². The smallest absolute Gasteiger partial charge is 0.317 e. The Morgan fingerprint density at radius 3 is 3.07 bits per heavy atom. The fourth-order valence-corrected chi connectivity index (χ4v) is 3.40. The number of carbonyl (C=O) groups excluding carboxylic acids is 1. The van der Waals surface area contributed by atoms with Crippen molar-refractivity contribution in [2.24, 2.45) is 0 Å². The molecule has 3 rings (SSSR count). The van der Waals surface area contributed by atoms with E-state index in [0.717, 1.165) is 37.2 Å². The van der Waals surface area contributed by atoms with Crippen molar-refractivity contribution in [3.63, 3.8) is 0 Å². The summed E-state index contributed by atoms with van der Waals surface area (Å²) in [6.45, 7) is 4.51. The van der Waals surface area contributed by atoms with E-state index in [1.807, 2.05) is 29.3 Å². The summed E-state index contributed by atoms with van der Waals surface area (Å²) in [6, 6.07) is 5.67. The first-order chi connectivity index (χ1) is 13.2. The fourth-order valence-electron chi connectivity index (χ4n) is 3.40. The summed E-state index contributed by atoms with van der Waals surface area (Å²) in [5.41, 5.74) is 0.913. The number of methoxy groups -OCH3 is 1. The van der Waals surface area contributed by atoms with Crippen molar-refractivity contribution in [1.82, 2.24) is 20.2 Å². The highest BCUT2D eigenvalue weighted by molar-refractivity contribution is 5.74. The zero-order valence-electron chi connectivity index (χ0n) is 16.0. The number of imidazole rings is 1. The molecule has 1 atom stereocenters. The van der Waals surface area contributed by atoms with E-state index in [2.05, 4.69) is 22.2 Å². The number of carbonyl (C=O) groups is 1. The lowest BCUT2D eigenvalue weighted by Gasteiger charge is -2.32. The largest absolute Gasteiger partial charge is 0.493 e. The third-order valence-corrected chi connectivity index (χ3v) is 4.78. The monoisotopic (exact) mass is 372 g/mol. The standard InChI is InChI=1S/C20H28N4O3/c1-3-12-27-18-15(6-4-8-17(18)26-2)13-23-20(25)24-11-5-7-16(14-24)19-21-9-10-22-19/h4,6,8-10,16H,3,5,7,11-14H2,1-2H3,(H,21,22)(H,23,25). The van der Waals surface area contributed by atoms with Crippen LogP contribution in [0, 0.1) is 0 Å². The van der Waals surface area contributed by atoms with Gasteiger partial charge in [-0.05, 0) is 25.3 Å². The number of aromatic nitrogens is 2. The van der Waals surface area contributed by atoms with Crippen LogP contribution in [0.15, 0.2) is 30.6 Å². The number of para-hydroxylation sites is 1. The van der Waals surface area contributed by atoms with E-state index < -0.39 is 0 Å². The highest BCUT2D eigenvalue weighted by Crippen LogP contribution is 2.31. The Labute approximate surface area is 160 Å². The third-order valence-electron chi connectivity index (χ3n) is 4.78. The van der Waals surface area contributed by atoms with Crippen molar-refractivity contribution in [2.45, 2.75) is 38.6 Å². The molecule has 27 heavy (non-hydrogen) atoms. The van der Waals surface area contributed by atoms with Gasteiger partial charge in [0.2, 0.25) is 0 Å². The molecule has 1 aliphatic heterocycles. The van der Waals surface area contributed by atoms with E-state index in [1.165, 1.54) is 0 Å². The van der Waals surface area contributed by atoms with Crippen molar-refractivity contribution in [3.8, 4) is 11.5 Å². The molecule has 2 heterocycles. The van der Waals surface area contributed by atoms with Gasteiger partial charge in [0.1, 0.15) is 5.82 Å². The van der Waals surface area contributed by atoms with Crippen LogP contribution in [0.25, 0.3) is 0 Å². The summed E-state index contributed by atoms with van der Waals surface area (Å²) >= 11 is 0. The SMILES string of the molecule is CCCOc1c(CNC(=O)N2CCCC(c3ncc[nH]3)C2)cccc1OC. The van der Waals surface area contributed by atoms with Gasteiger partial charge in [-0.1, -0.05) is 19.1 Å². The van der Waals surface area contributed by atoms with E-state index >= 15 is 0 Å². The topological polar surface area (TPSA) is 79.5 Å². The zero-order valence-corrected chi connectivity index (χ0v) is 16.0. The van der Waals surface area contributed by atoms with Crippen LogP contribution in [-0.4, -0.2) is 47.7 Å². The van der Waals surface area contributed by atoms with Gasteiger partial charge in [0.05, 0.1) is 13.7 Å². The van der Waals surface area contributed by atoms with Gasteiger partial charge in [-0.25, -0.2) is 9.78 Å². The Hall–Kier alpha value is -2.70. The zero-order chi connectivity index (χ0) is 19.1. The molecule has 146 valence electrons. The van der Waals surface area contributed by atoms with E-state index in [-0.39, 0.29) is 11.9 Å². The molecule has 1 unspecified atom stereocenters. The minimum absolute atomic E-state index is 0.0597. The van der Waals surface area contributed by atoms with Crippen LogP contribution in [0.5, 0.6) is 11.5 Å². The molecule has 0 saturated carbocycles. The second-order valence-electron chi connectivity index (χ2n) is 6.72. The van der Waals surface area contributed by atoms with Gasteiger partial charge in [0.15, 0.2) is 11.5 Å². The number of likely N-dealkylation sites (tertiary alicyclic amines) is 1. The normalized spacial score (nSPS) is 16.8. The van der Waals surface area contributed by atoms with Crippen molar-refractivity contribution in [2.75, 3.05) is 26.8 Å². The lowest BCUT2D eigenvalue weighted by Crippen LogP contribution is -2.44. The molecule has 2 aromatic rings. The molecule has 2 N–H and O–H groups in total. The Balaban J connectivity index is 1.62. The fraction of sp³-hybridized carbons (Fsp3) is 0.500. The maximum Gasteiger partial charge on any atom is 0.317 e. The van der Waals surface area contributed by atoms with Gasteiger partial charge in [0.25, 0.3) is 0 Å². The molecule has 1 fully saturated rings. The highest BCUT2D eigenvalue weighted by atomic mass is 16.5. The quantitative estimate of drug-likeness (QED) is 0.782. The van der Waals surface area contributed by atoms with E-state index in [4.69, 9.17) is 9.47 Å². The molecule has 0 bridgehead atoms. The molecular weight excluding hydrogens is 344 g/mol. The average Bonchev–Trinajstić information content (AvgIpc) is 3.25. The van der Waals surface area contributed by atoms with Gasteiger partial charge >= 0.3 is 6.03 Å². The average molecular weight is 372 g/mol. The van der Waals surface area contributed by atoms with Gasteiger partial charge in [0, 0.05) is 43.5 Å². The first-order valence-corrected chi connectivity index (χ1v) is 9.53. The minimum atomic E-state index is -0.0597. The maximum absolute atomic E-state index is 12.7. The number of urea groups is 1. The molecule has 0 spiro atoms. The predicted octanol–water partition coefficient (Wildman–Crippen LogP) is 3.30. The summed E-state index contributed by atoms with van der Waals surface area (Å²) in [5.74, 6) is 2.61. The number of H-pyrrole nitrogens is 1. The van der Waals surface area contributed by atoms with E-state index in [0.29, 0.717) is 31.2 Å². The molecule has 7 nitrogen and oxygen atoms in total. The Morgan fingerprint density at radius 1 is 1.44 bits per heavy atom. The first-order valence-electron chi connectivity index (χ1n) is 9.53. The van der Waals surface area contributed by atoms with Gasteiger partial charge in [-0.15, -0.1) is 0 Å². The van der Waals surface area contributed by atoms with E-state index in [9.17, 15) is 4.79 Å². The van der Waals surface area contributed by atoms with Gasteiger partial charge in [-0.3, -0.25) is 0 Å². The molecular formula is C20H28N4O3. The molecule has 1 aliphatic rings. The van der Waals surface area contributed by atoms with Crippen LogP contribution >= 0.6 is 0 Å². The number of ether oxygens (including phenoxy) is 2. The van der Waals surface area contributed by atoms with Crippen LogP contribution in [0.2, 0.25) is 0 Å².